The van der Waals surface area contributed by atoms with E-state index in [0.717, 1.165) is 58.8 Å². The molecule has 3 heterocycles. The quantitative estimate of drug-likeness (QED) is 0.768. The van der Waals surface area contributed by atoms with Crippen LogP contribution < -0.4 is 5.32 Å². The van der Waals surface area contributed by atoms with Gasteiger partial charge in [-0.25, -0.2) is 0 Å². The molecule has 2 saturated heterocycles. The lowest BCUT2D eigenvalue weighted by atomic mass is 10.0. The van der Waals surface area contributed by atoms with Crippen LogP contribution in [0.2, 0.25) is 0 Å². The molecule has 0 saturated carbocycles. The van der Waals surface area contributed by atoms with E-state index in [-0.39, 0.29) is 6.10 Å². The maximum absolute atomic E-state index is 5.76. The first-order chi connectivity index (χ1) is 13.3. The molecular weight excluding hydrogens is 340 g/mol. The Bertz CT molecular complexity index is 717. The highest BCUT2D eigenvalue weighted by Gasteiger charge is 2.23. The van der Waals surface area contributed by atoms with Gasteiger partial charge in [-0.2, -0.15) is 0 Å². The lowest BCUT2D eigenvalue weighted by Gasteiger charge is -2.37. The first kappa shape index (κ1) is 18.9. The summed E-state index contributed by atoms with van der Waals surface area (Å²) >= 11 is 0. The zero-order valence-electron chi connectivity index (χ0n) is 16.3. The maximum Gasteiger partial charge on any atom is 0.0935 e. The summed E-state index contributed by atoms with van der Waals surface area (Å²) in [4.78, 5) is 8.53. The van der Waals surface area contributed by atoms with Gasteiger partial charge in [0.2, 0.25) is 0 Å². The number of piperazine rings is 1. The van der Waals surface area contributed by atoms with E-state index in [1.54, 1.807) is 7.11 Å². The number of benzene rings is 1. The number of aromatic nitrogens is 1. The molecule has 2 aromatic rings. The summed E-state index contributed by atoms with van der Waals surface area (Å²) in [5, 5.41) is 5.06. The molecule has 6 heteroatoms. The fraction of sp³-hybridized carbons (Fsp3) is 0.619. The second-order valence-corrected chi connectivity index (χ2v) is 7.76. The van der Waals surface area contributed by atoms with Crippen LogP contribution in [0, 0.1) is 0 Å². The first-order valence-corrected chi connectivity index (χ1v) is 10.2. The Kier molecular flexibility index (Phi) is 6.42. The lowest BCUT2D eigenvalue weighted by Crippen LogP contribution is -2.54. The monoisotopic (exact) mass is 372 g/mol. The number of H-pyrrole nitrogens is 1. The topological polar surface area (TPSA) is 52.8 Å². The molecule has 2 aliphatic heterocycles. The van der Waals surface area contributed by atoms with Gasteiger partial charge in [-0.15, -0.1) is 0 Å². The number of nitrogens with one attached hydrogen (secondary N) is 2. The smallest absolute Gasteiger partial charge is 0.0935 e. The van der Waals surface area contributed by atoms with E-state index in [1.165, 1.54) is 16.5 Å². The molecule has 27 heavy (non-hydrogen) atoms. The molecule has 2 fully saturated rings. The molecule has 2 atom stereocenters. The van der Waals surface area contributed by atoms with Crippen molar-refractivity contribution in [2.45, 2.75) is 18.6 Å². The average molecular weight is 373 g/mol. The van der Waals surface area contributed by atoms with Crippen molar-refractivity contribution >= 4 is 10.9 Å². The second-order valence-electron chi connectivity index (χ2n) is 7.76. The third-order valence-electron chi connectivity index (χ3n) is 5.79. The summed E-state index contributed by atoms with van der Waals surface area (Å²) in [6.07, 6.45) is 3.48. The summed E-state index contributed by atoms with van der Waals surface area (Å²) in [5.74, 6) is 0. The van der Waals surface area contributed by atoms with Gasteiger partial charge in [0.1, 0.15) is 0 Å². The molecular formula is C21H32N4O2. The van der Waals surface area contributed by atoms with Crippen molar-refractivity contribution in [1.29, 1.82) is 0 Å². The van der Waals surface area contributed by atoms with Crippen LogP contribution in [0.5, 0.6) is 0 Å². The highest BCUT2D eigenvalue weighted by Crippen LogP contribution is 2.20. The van der Waals surface area contributed by atoms with Crippen LogP contribution in [-0.2, 0) is 15.9 Å². The number of hydrogen-bond acceptors (Lipinski definition) is 5. The van der Waals surface area contributed by atoms with E-state index in [1.807, 2.05) is 0 Å². The van der Waals surface area contributed by atoms with Crippen LogP contribution in [0.15, 0.2) is 30.5 Å². The van der Waals surface area contributed by atoms with Crippen molar-refractivity contribution in [2.75, 3.05) is 66.1 Å². The Morgan fingerprint density at radius 2 is 2.00 bits per heavy atom. The Morgan fingerprint density at radius 1 is 1.15 bits per heavy atom. The van der Waals surface area contributed by atoms with Crippen molar-refractivity contribution in [3.8, 4) is 0 Å². The third kappa shape index (κ3) is 4.89. The van der Waals surface area contributed by atoms with Crippen molar-refractivity contribution in [1.82, 2.24) is 20.1 Å². The molecule has 2 aliphatic rings. The summed E-state index contributed by atoms with van der Waals surface area (Å²) in [6, 6.07) is 9.10. The third-order valence-corrected chi connectivity index (χ3v) is 5.79. The molecule has 6 nitrogen and oxygen atoms in total. The fourth-order valence-electron chi connectivity index (χ4n) is 4.35. The van der Waals surface area contributed by atoms with Crippen LogP contribution in [-0.4, -0.2) is 93.1 Å². The van der Waals surface area contributed by atoms with E-state index in [0.29, 0.717) is 12.6 Å². The number of fused-ring (bicyclic) bond motifs is 1. The largest absolute Gasteiger partial charge is 0.382 e. The van der Waals surface area contributed by atoms with Gasteiger partial charge in [0.15, 0.2) is 0 Å². The summed E-state index contributed by atoms with van der Waals surface area (Å²) < 4.78 is 11.0. The molecule has 4 rings (SSSR count). The van der Waals surface area contributed by atoms with E-state index in [9.17, 15) is 0 Å². The average Bonchev–Trinajstić information content (AvgIpc) is 3.10. The van der Waals surface area contributed by atoms with Gasteiger partial charge in [0.05, 0.1) is 19.3 Å². The van der Waals surface area contributed by atoms with E-state index in [2.05, 4.69) is 50.6 Å². The molecule has 1 aromatic heterocycles. The molecule has 0 amide bonds. The highest BCUT2D eigenvalue weighted by atomic mass is 16.5. The molecule has 0 radical (unpaired) electrons. The number of rotatable bonds is 7. The van der Waals surface area contributed by atoms with Crippen LogP contribution in [0.25, 0.3) is 10.9 Å². The number of methoxy groups -OCH3 is 1. The van der Waals surface area contributed by atoms with Gasteiger partial charge < -0.3 is 19.8 Å². The van der Waals surface area contributed by atoms with Crippen molar-refractivity contribution in [3.63, 3.8) is 0 Å². The minimum absolute atomic E-state index is 0.224. The molecule has 0 aliphatic carbocycles. The van der Waals surface area contributed by atoms with Gasteiger partial charge in [0, 0.05) is 76.1 Å². The van der Waals surface area contributed by atoms with E-state index < -0.39 is 0 Å². The Balaban J connectivity index is 1.27. The zero-order chi connectivity index (χ0) is 18.5. The standard InChI is InChI=1S/C21H32N4O2/c1-26-16-19-15-25(10-11-27-19)9-8-24-7-6-22-18(14-24)12-17-13-23-21-5-3-2-4-20(17)21/h2-5,13,18-19,22-23H,6-12,14-16H2,1H3/t18?,19-/m0/s1. The Morgan fingerprint density at radius 3 is 2.89 bits per heavy atom. The summed E-state index contributed by atoms with van der Waals surface area (Å²) in [7, 11) is 1.75. The van der Waals surface area contributed by atoms with E-state index in [4.69, 9.17) is 9.47 Å². The summed E-state index contributed by atoms with van der Waals surface area (Å²) in [5.41, 5.74) is 2.65. The molecule has 148 valence electrons. The molecule has 1 unspecified atom stereocenters. The minimum Gasteiger partial charge on any atom is -0.382 e. The van der Waals surface area contributed by atoms with Crippen LogP contribution in [0.1, 0.15) is 5.56 Å². The van der Waals surface area contributed by atoms with Crippen molar-refractivity contribution in [3.05, 3.63) is 36.0 Å². The van der Waals surface area contributed by atoms with Crippen molar-refractivity contribution in [2.24, 2.45) is 0 Å². The van der Waals surface area contributed by atoms with Gasteiger partial charge in [-0.3, -0.25) is 9.80 Å². The fourth-order valence-corrected chi connectivity index (χ4v) is 4.35. The molecule has 2 N–H and O–H groups in total. The maximum atomic E-state index is 5.76. The van der Waals surface area contributed by atoms with Gasteiger partial charge in [-0.1, -0.05) is 18.2 Å². The first-order valence-electron chi connectivity index (χ1n) is 10.2. The van der Waals surface area contributed by atoms with Crippen LogP contribution >= 0.6 is 0 Å². The minimum atomic E-state index is 0.224. The number of nitrogens with zero attached hydrogens (tertiary/aromatic N) is 2. The van der Waals surface area contributed by atoms with Crippen LogP contribution in [0.3, 0.4) is 0 Å². The number of ether oxygens (including phenoxy) is 2. The SMILES string of the molecule is COC[C@@H]1CN(CCN2CCNC(Cc3c[nH]c4ccccc34)C2)CCO1. The number of morpholine rings is 1. The van der Waals surface area contributed by atoms with Gasteiger partial charge in [0.25, 0.3) is 0 Å². The number of aromatic amines is 1. The lowest BCUT2D eigenvalue weighted by molar-refractivity contribution is -0.0624. The molecule has 0 spiro atoms. The number of hydrogen-bond donors (Lipinski definition) is 2. The van der Waals surface area contributed by atoms with Crippen LogP contribution in [0.4, 0.5) is 0 Å². The molecule has 0 bridgehead atoms. The predicted octanol–water partition coefficient (Wildman–Crippen LogP) is 1.33. The van der Waals surface area contributed by atoms with Crippen molar-refractivity contribution < 1.29 is 9.47 Å². The molecule has 1 aromatic carbocycles. The zero-order valence-corrected chi connectivity index (χ0v) is 16.3. The Labute approximate surface area is 161 Å². The van der Waals surface area contributed by atoms with Gasteiger partial charge in [-0.05, 0) is 18.1 Å². The normalized spacial score (nSPS) is 25.2. The highest BCUT2D eigenvalue weighted by molar-refractivity contribution is 5.83. The number of para-hydroxylation sites is 1. The van der Waals surface area contributed by atoms with E-state index >= 15 is 0 Å². The van der Waals surface area contributed by atoms with Gasteiger partial charge >= 0.3 is 0 Å². The second kappa shape index (κ2) is 9.17. The Hall–Kier alpha value is -1.44. The summed E-state index contributed by atoms with van der Waals surface area (Å²) in [6.45, 7) is 9.10. The predicted molar refractivity (Wildman–Crippen MR) is 108 cm³/mol.